The number of amides is 1. The summed E-state index contributed by atoms with van der Waals surface area (Å²) < 4.78 is 41.9. The van der Waals surface area contributed by atoms with Crippen LogP contribution < -0.4 is 5.32 Å². The smallest absolute Gasteiger partial charge is 0.350 e. The SMILES string of the molecule is Cc1cc(C(F)(F)F)n(C[C@H](C)CNC(=O)c2cccn2C2CC2)n1. The third kappa shape index (κ3) is 4.05. The van der Waals surface area contributed by atoms with E-state index in [1.165, 1.54) is 6.92 Å². The normalized spacial score (nSPS) is 16.0. The van der Waals surface area contributed by atoms with Gasteiger partial charge in [0.25, 0.3) is 5.91 Å². The molecule has 136 valence electrons. The summed E-state index contributed by atoms with van der Waals surface area (Å²) in [6.07, 6.45) is -0.401. The van der Waals surface area contributed by atoms with E-state index in [0.717, 1.165) is 23.6 Å². The molecule has 2 heterocycles. The number of hydrogen-bond donors (Lipinski definition) is 1. The summed E-state index contributed by atoms with van der Waals surface area (Å²) in [5.41, 5.74) is 0.164. The highest BCUT2D eigenvalue weighted by atomic mass is 19.4. The summed E-state index contributed by atoms with van der Waals surface area (Å²) in [7, 11) is 0. The van der Waals surface area contributed by atoms with Gasteiger partial charge < -0.3 is 9.88 Å². The largest absolute Gasteiger partial charge is 0.433 e. The molecule has 0 spiro atoms. The molecule has 1 aliphatic rings. The van der Waals surface area contributed by atoms with Crippen molar-refractivity contribution in [1.82, 2.24) is 19.7 Å². The highest BCUT2D eigenvalue weighted by Crippen LogP contribution is 2.36. The minimum absolute atomic E-state index is 0.0899. The lowest BCUT2D eigenvalue weighted by molar-refractivity contribution is -0.144. The molecule has 8 heteroatoms. The van der Waals surface area contributed by atoms with Gasteiger partial charge in [-0.25, -0.2) is 0 Å². The fourth-order valence-electron chi connectivity index (χ4n) is 2.89. The molecular formula is C17H21F3N4O. The van der Waals surface area contributed by atoms with E-state index in [9.17, 15) is 18.0 Å². The van der Waals surface area contributed by atoms with Crippen molar-refractivity contribution in [3.05, 3.63) is 41.5 Å². The second-order valence-corrected chi connectivity index (χ2v) is 6.70. The molecule has 2 aromatic rings. The van der Waals surface area contributed by atoms with Crippen LogP contribution in [-0.4, -0.2) is 26.8 Å². The van der Waals surface area contributed by atoms with Crippen molar-refractivity contribution in [3.8, 4) is 0 Å². The van der Waals surface area contributed by atoms with Gasteiger partial charge in [0.15, 0.2) is 0 Å². The highest BCUT2D eigenvalue weighted by molar-refractivity contribution is 5.92. The minimum atomic E-state index is -4.44. The Kier molecular flexibility index (Phi) is 4.62. The number of carbonyl (C=O) groups excluding carboxylic acids is 1. The number of alkyl halides is 3. The summed E-state index contributed by atoms with van der Waals surface area (Å²) in [5, 5.41) is 6.73. The number of nitrogens with one attached hydrogen (secondary N) is 1. The fourth-order valence-corrected chi connectivity index (χ4v) is 2.89. The molecule has 5 nitrogen and oxygen atoms in total. The van der Waals surface area contributed by atoms with Gasteiger partial charge >= 0.3 is 6.18 Å². The van der Waals surface area contributed by atoms with Gasteiger partial charge in [0.2, 0.25) is 0 Å². The molecule has 0 bridgehead atoms. The van der Waals surface area contributed by atoms with Crippen LogP contribution in [0.15, 0.2) is 24.4 Å². The van der Waals surface area contributed by atoms with Crippen molar-refractivity contribution in [3.63, 3.8) is 0 Å². The van der Waals surface area contributed by atoms with Gasteiger partial charge in [0, 0.05) is 25.3 Å². The zero-order chi connectivity index (χ0) is 18.2. The van der Waals surface area contributed by atoms with Crippen LogP contribution in [0.1, 0.15) is 47.7 Å². The minimum Gasteiger partial charge on any atom is -0.350 e. The number of nitrogens with zero attached hydrogens (tertiary/aromatic N) is 3. The molecule has 2 aromatic heterocycles. The van der Waals surface area contributed by atoms with E-state index in [1.807, 2.05) is 16.8 Å². The number of aryl methyl sites for hydroxylation is 1. The summed E-state index contributed by atoms with van der Waals surface area (Å²) in [6.45, 7) is 3.69. The number of rotatable bonds is 6. The Hall–Kier alpha value is -2.25. The van der Waals surface area contributed by atoms with Crippen LogP contribution in [0.3, 0.4) is 0 Å². The van der Waals surface area contributed by atoms with E-state index >= 15 is 0 Å². The Balaban J connectivity index is 1.59. The number of halogens is 3. The molecule has 0 radical (unpaired) electrons. The summed E-state index contributed by atoms with van der Waals surface area (Å²) in [4.78, 5) is 12.3. The Labute approximate surface area is 143 Å². The molecule has 1 fully saturated rings. The van der Waals surface area contributed by atoms with E-state index in [4.69, 9.17) is 0 Å². The topological polar surface area (TPSA) is 51.9 Å². The molecule has 1 saturated carbocycles. The Morgan fingerprint density at radius 3 is 2.80 bits per heavy atom. The van der Waals surface area contributed by atoms with Crippen molar-refractivity contribution >= 4 is 5.91 Å². The zero-order valence-electron chi connectivity index (χ0n) is 14.2. The Morgan fingerprint density at radius 2 is 2.16 bits per heavy atom. The van der Waals surface area contributed by atoms with Gasteiger partial charge in [-0.15, -0.1) is 0 Å². The second-order valence-electron chi connectivity index (χ2n) is 6.70. The van der Waals surface area contributed by atoms with Crippen molar-refractivity contribution in [1.29, 1.82) is 0 Å². The molecule has 1 amide bonds. The van der Waals surface area contributed by atoms with E-state index in [0.29, 0.717) is 17.4 Å². The van der Waals surface area contributed by atoms with Crippen LogP contribution in [0.4, 0.5) is 13.2 Å². The average Bonchev–Trinajstić information content (AvgIpc) is 3.12. The van der Waals surface area contributed by atoms with Crippen LogP contribution in [0.5, 0.6) is 0 Å². The molecule has 3 rings (SSSR count). The maximum absolute atomic E-state index is 13.0. The predicted octanol–water partition coefficient (Wildman–Crippen LogP) is 3.41. The number of aromatic nitrogens is 3. The standard InChI is InChI=1S/C17H21F3N4O/c1-11(10-24-15(17(18,19)20)8-12(2)22-24)9-21-16(25)14-4-3-7-23(14)13-5-6-13/h3-4,7-8,11,13H,5-6,9-10H2,1-2H3,(H,21,25)/t11-/m1/s1. The van der Waals surface area contributed by atoms with Crippen molar-refractivity contribution in [2.45, 2.75) is 45.5 Å². The monoisotopic (exact) mass is 354 g/mol. The Morgan fingerprint density at radius 1 is 1.44 bits per heavy atom. The molecule has 1 atom stereocenters. The van der Waals surface area contributed by atoms with Crippen LogP contribution in [0, 0.1) is 12.8 Å². The van der Waals surface area contributed by atoms with Crippen molar-refractivity contribution < 1.29 is 18.0 Å². The predicted molar refractivity (Wildman–Crippen MR) is 86.2 cm³/mol. The second kappa shape index (κ2) is 6.57. The third-order valence-electron chi connectivity index (χ3n) is 4.24. The van der Waals surface area contributed by atoms with Crippen LogP contribution >= 0.6 is 0 Å². The van der Waals surface area contributed by atoms with E-state index < -0.39 is 11.9 Å². The molecular weight excluding hydrogens is 333 g/mol. The fraction of sp³-hybridized carbons (Fsp3) is 0.529. The molecule has 0 aliphatic heterocycles. The van der Waals surface area contributed by atoms with Crippen LogP contribution in [0.25, 0.3) is 0 Å². The summed E-state index contributed by atoms with van der Waals surface area (Å²) in [5.74, 6) is -0.384. The zero-order valence-corrected chi connectivity index (χ0v) is 14.2. The van der Waals surface area contributed by atoms with Gasteiger partial charge in [-0.05, 0) is 43.9 Å². The molecule has 1 N–H and O–H groups in total. The van der Waals surface area contributed by atoms with Gasteiger partial charge in [-0.2, -0.15) is 18.3 Å². The molecule has 25 heavy (non-hydrogen) atoms. The summed E-state index contributed by atoms with van der Waals surface area (Å²) in [6, 6.07) is 5.03. The van der Waals surface area contributed by atoms with E-state index in [1.54, 1.807) is 13.0 Å². The lowest BCUT2D eigenvalue weighted by Gasteiger charge is -2.16. The van der Waals surface area contributed by atoms with E-state index in [2.05, 4.69) is 10.4 Å². The molecule has 0 aromatic carbocycles. The Bertz CT molecular complexity index is 758. The van der Waals surface area contributed by atoms with Gasteiger partial charge in [-0.1, -0.05) is 6.92 Å². The van der Waals surface area contributed by atoms with Gasteiger partial charge in [-0.3, -0.25) is 9.48 Å². The van der Waals surface area contributed by atoms with Gasteiger partial charge in [0.05, 0.1) is 5.69 Å². The highest BCUT2D eigenvalue weighted by Gasteiger charge is 2.35. The lowest BCUT2D eigenvalue weighted by Crippen LogP contribution is -2.32. The van der Waals surface area contributed by atoms with Crippen LogP contribution in [-0.2, 0) is 12.7 Å². The van der Waals surface area contributed by atoms with Gasteiger partial charge in [0.1, 0.15) is 11.4 Å². The summed E-state index contributed by atoms with van der Waals surface area (Å²) >= 11 is 0. The number of carbonyl (C=O) groups is 1. The van der Waals surface area contributed by atoms with Crippen molar-refractivity contribution in [2.75, 3.05) is 6.54 Å². The molecule has 1 aliphatic carbocycles. The van der Waals surface area contributed by atoms with Crippen LogP contribution in [0.2, 0.25) is 0 Å². The maximum atomic E-state index is 13.0. The number of hydrogen-bond acceptors (Lipinski definition) is 2. The molecule has 0 unspecified atom stereocenters. The molecule has 0 saturated heterocycles. The third-order valence-corrected chi connectivity index (χ3v) is 4.24. The first-order valence-corrected chi connectivity index (χ1v) is 8.32. The van der Waals surface area contributed by atoms with E-state index in [-0.39, 0.29) is 24.9 Å². The van der Waals surface area contributed by atoms with Crippen molar-refractivity contribution in [2.24, 2.45) is 5.92 Å². The lowest BCUT2D eigenvalue weighted by atomic mass is 10.1. The first-order valence-electron chi connectivity index (χ1n) is 8.32. The first-order chi connectivity index (χ1) is 11.8. The first kappa shape index (κ1) is 17.6. The average molecular weight is 354 g/mol. The maximum Gasteiger partial charge on any atom is 0.433 e. The quantitative estimate of drug-likeness (QED) is 0.864.